The second-order valence-electron chi connectivity index (χ2n) is 5.02. The molecular formula is C17H12F3NO2. The van der Waals surface area contributed by atoms with Gasteiger partial charge >= 0.3 is 12.1 Å². The van der Waals surface area contributed by atoms with E-state index in [1.807, 2.05) is 6.07 Å². The lowest BCUT2D eigenvalue weighted by atomic mass is 9.91. The van der Waals surface area contributed by atoms with Crippen molar-refractivity contribution in [3.05, 3.63) is 59.2 Å². The van der Waals surface area contributed by atoms with Gasteiger partial charge in [-0.1, -0.05) is 30.3 Å². The van der Waals surface area contributed by atoms with Gasteiger partial charge in [-0.25, -0.2) is 0 Å². The van der Waals surface area contributed by atoms with Crippen LogP contribution in [0.2, 0.25) is 0 Å². The molecule has 0 amide bonds. The van der Waals surface area contributed by atoms with E-state index in [0.717, 1.165) is 6.07 Å². The van der Waals surface area contributed by atoms with Crippen LogP contribution in [0.25, 0.3) is 11.1 Å². The van der Waals surface area contributed by atoms with Crippen LogP contribution >= 0.6 is 0 Å². The largest absolute Gasteiger partial charge is 0.481 e. The molecule has 0 bridgehead atoms. The number of benzene rings is 2. The van der Waals surface area contributed by atoms with Gasteiger partial charge in [0.1, 0.15) is 0 Å². The Bertz CT molecular complexity index is 791. The number of carboxylic acids is 1. The first-order valence-electron chi connectivity index (χ1n) is 6.69. The fraction of sp³-hybridized carbons (Fsp3) is 0.176. The predicted molar refractivity (Wildman–Crippen MR) is 77.6 cm³/mol. The van der Waals surface area contributed by atoms with Crippen molar-refractivity contribution in [2.45, 2.75) is 19.0 Å². The van der Waals surface area contributed by atoms with Gasteiger partial charge in [-0.15, -0.1) is 0 Å². The first-order valence-corrected chi connectivity index (χ1v) is 6.69. The maximum absolute atomic E-state index is 13.4. The number of hydrogen-bond donors (Lipinski definition) is 1. The lowest BCUT2D eigenvalue weighted by molar-refractivity contribution is -0.139. The number of alkyl halides is 3. The zero-order valence-corrected chi connectivity index (χ0v) is 12.1. The van der Waals surface area contributed by atoms with Crippen LogP contribution in [-0.2, 0) is 11.0 Å². The molecule has 0 heterocycles. The number of rotatable bonds is 3. The Hall–Kier alpha value is -2.81. The minimum atomic E-state index is -4.66. The highest BCUT2D eigenvalue weighted by Gasteiger charge is 2.35. The standard InChI is InChI=1S/C17H12F3NO2/c1-10(16(22)23)11-6-7-14(15(8-11)17(18,19)20)13-5-3-2-4-12(13)9-21/h2-8,10H,1H3,(H,22,23). The summed E-state index contributed by atoms with van der Waals surface area (Å²) in [7, 11) is 0. The quantitative estimate of drug-likeness (QED) is 0.910. The first kappa shape index (κ1) is 16.6. The van der Waals surface area contributed by atoms with Gasteiger partial charge in [-0.2, -0.15) is 18.4 Å². The van der Waals surface area contributed by atoms with Gasteiger partial charge in [-0.3, -0.25) is 4.79 Å². The molecular weight excluding hydrogens is 307 g/mol. The van der Waals surface area contributed by atoms with Gasteiger partial charge in [0.25, 0.3) is 0 Å². The molecule has 0 saturated heterocycles. The maximum atomic E-state index is 13.4. The van der Waals surface area contributed by atoms with Crippen LogP contribution in [0.15, 0.2) is 42.5 Å². The van der Waals surface area contributed by atoms with Crippen molar-refractivity contribution in [3.63, 3.8) is 0 Å². The van der Waals surface area contributed by atoms with Crippen LogP contribution in [0.4, 0.5) is 13.2 Å². The van der Waals surface area contributed by atoms with Crippen LogP contribution in [0.3, 0.4) is 0 Å². The van der Waals surface area contributed by atoms with E-state index >= 15 is 0 Å². The summed E-state index contributed by atoms with van der Waals surface area (Å²) in [5.74, 6) is -2.26. The molecule has 6 heteroatoms. The minimum absolute atomic E-state index is 0.0583. The van der Waals surface area contributed by atoms with Gasteiger partial charge in [0, 0.05) is 5.56 Å². The van der Waals surface area contributed by atoms with Gasteiger partial charge in [0.2, 0.25) is 0 Å². The highest BCUT2D eigenvalue weighted by atomic mass is 19.4. The lowest BCUT2D eigenvalue weighted by Gasteiger charge is -2.17. The summed E-state index contributed by atoms with van der Waals surface area (Å²) < 4.78 is 40.2. The van der Waals surface area contributed by atoms with Gasteiger partial charge in [-0.05, 0) is 30.2 Å². The Morgan fingerprint density at radius 2 is 1.83 bits per heavy atom. The average molecular weight is 319 g/mol. The summed E-state index contributed by atoms with van der Waals surface area (Å²) in [6.07, 6.45) is -4.66. The summed E-state index contributed by atoms with van der Waals surface area (Å²) in [4.78, 5) is 11.0. The molecule has 2 aromatic carbocycles. The number of nitriles is 1. The van der Waals surface area contributed by atoms with Crippen LogP contribution in [0.5, 0.6) is 0 Å². The topological polar surface area (TPSA) is 61.1 Å². The Morgan fingerprint density at radius 1 is 1.17 bits per heavy atom. The first-order chi connectivity index (χ1) is 10.8. The Morgan fingerprint density at radius 3 is 2.39 bits per heavy atom. The van der Waals surface area contributed by atoms with Gasteiger partial charge in [0.15, 0.2) is 0 Å². The third kappa shape index (κ3) is 3.34. The molecule has 0 fully saturated rings. The SMILES string of the molecule is CC(C(=O)O)c1ccc(-c2ccccc2C#N)c(C(F)(F)F)c1. The normalized spacial score (nSPS) is 12.5. The van der Waals surface area contributed by atoms with E-state index in [9.17, 15) is 18.0 Å². The second-order valence-corrected chi connectivity index (χ2v) is 5.02. The van der Waals surface area contributed by atoms with Crippen LogP contribution < -0.4 is 0 Å². The van der Waals surface area contributed by atoms with E-state index in [1.54, 1.807) is 12.1 Å². The number of carbonyl (C=O) groups is 1. The molecule has 0 aliphatic carbocycles. The fourth-order valence-corrected chi connectivity index (χ4v) is 2.26. The highest BCUT2D eigenvalue weighted by molar-refractivity contribution is 5.78. The average Bonchev–Trinajstić information content (AvgIpc) is 2.52. The molecule has 0 saturated carbocycles. The minimum Gasteiger partial charge on any atom is -0.481 e. The molecule has 0 spiro atoms. The molecule has 1 unspecified atom stereocenters. The number of nitrogens with zero attached hydrogens (tertiary/aromatic N) is 1. The van der Waals surface area contributed by atoms with E-state index in [4.69, 9.17) is 10.4 Å². The number of aliphatic carboxylic acids is 1. The van der Waals surface area contributed by atoms with E-state index in [0.29, 0.717) is 0 Å². The number of hydrogen-bond acceptors (Lipinski definition) is 2. The van der Waals surface area contributed by atoms with Crippen LogP contribution in [0, 0.1) is 11.3 Å². The molecule has 0 aromatic heterocycles. The molecule has 23 heavy (non-hydrogen) atoms. The monoisotopic (exact) mass is 319 g/mol. The predicted octanol–water partition coefficient (Wildman–Crippen LogP) is 4.43. The van der Waals surface area contributed by atoms with Crippen molar-refractivity contribution in [3.8, 4) is 17.2 Å². The van der Waals surface area contributed by atoms with E-state index in [1.165, 1.54) is 31.2 Å². The molecule has 118 valence electrons. The summed E-state index contributed by atoms with van der Waals surface area (Å²) in [6, 6.07) is 11.2. The summed E-state index contributed by atoms with van der Waals surface area (Å²) in [6.45, 7) is 1.32. The van der Waals surface area contributed by atoms with E-state index in [-0.39, 0.29) is 22.3 Å². The molecule has 1 N–H and O–H groups in total. The summed E-state index contributed by atoms with van der Waals surface area (Å²) >= 11 is 0. The Kier molecular flexibility index (Phi) is 4.41. The Balaban J connectivity index is 2.70. The van der Waals surface area contributed by atoms with Gasteiger partial charge < -0.3 is 5.11 Å². The maximum Gasteiger partial charge on any atom is 0.417 e. The smallest absolute Gasteiger partial charge is 0.417 e. The molecule has 1 atom stereocenters. The lowest BCUT2D eigenvalue weighted by Crippen LogP contribution is -2.12. The van der Waals surface area contributed by atoms with Crippen molar-refractivity contribution < 1.29 is 23.1 Å². The Labute approximate surface area is 130 Å². The zero-order valence-electron chi connectivity index (χ0n) is 12.1. The summed E-state index contributed by atoms with van der Waals surface area (Å²) in [5.41, 5.74) is -0.751. The van der Waals surface area contributed by atoms with Crippen molar-refractivity contribution in [2.24, 2.45) is 0 Å². The van der Waals surface area contributed by atoms with Crippen molar-refractivity contribution in [1.29, 1.82) is 5.26 Å². The van der Waals surface area contributed by atoms with Crippen molar-refractivity contribution in [1.82, 2.24) is 0 Å². The molecule has 0 aliphatic heterocycles. The van der Waals surface area contributed by atoms with Gasteiger partial charge in [0.05, 0.1) is 23.1 Å². The van der Waals surface area contributed by atoms with Crippen molar-refractivity contribution >= 4 is 5.97 Å². The van der Waals surface area contributed by atoms with Crippen molar-refractivity contribution in [2.75, 3.05) is 0 Å². The molecule has 2 aromatic rings. The second kappa shape index (κ2) is 6.13. The highest BCUT2D eigenvalue weighted by Crippen LogP contribution is 2.39. The molecule has 2 rings (SSSR count). The third-order valence-corrected chi connectivity index (χ3v) is 3.56. The number of halogens is 3. The third-order valence-electron chi connectivity index (χ3n) is 3.56. The molecule has 0 aliphatic rings. The zero-order chi connectivity index (χ0) is 17.2. The van der Waals surface area contributed by atoms with E-state index in [2.05, 4.69) is 0 Å². The fourth-order valence-electron chi connectivity index (χ4n) is 2.26. The molecule has 3 nitrogen and oxygen atoms in total. The molecule has 0 radical (unpaired) electrons. The van der Waals surface area contributed by atoms with Crippen LogP contribution in [0.1, 0.15) is 29.5 Å². The summed E-state index contributed by atoms with van der Waals surface area (Å²) in [5, 5.41) is 18.1. The number of carboxylic acid groups (broad SMARTS) is 1. The van der Waals surface area contributed by atoms with E-state index < -0.39 is 23.6 Å². The van der Waals surface area contributed by atoms with Crippen LogP contribution in [-0.4, -0.2) is 11.1 Å².